The van der Waals surface area contributed by atoms with Gasteiger partial charge in [-0.25, -0.2) is 4.39 Å². The van der Waals surface area contributed by atoms with Crippen LogP contribution < -0.4 is 10.1 Å². The molecule has 0 aromatic heterocycles. The Hall–Kier alpha value is -2.07. The molecule has 1 saturated carbocycles. The molecule has 0 bridgehead atoms. The Morgan fingerprint density at radius 2 is 1.92 bits per heavy atom. The van der Waals surface area contributed by atoms with Crippen molar-refractivity contribution >= 4 is 23.2 Å². The zero-order valence-corrected chi connectivity index (χ0v) is 14.0. The van der Waals surface area contributed by atoms with Crippen molar-refractivity contribution in [3.63, 3.8) is 0 Å². The molecule has 2 aromatic carbocycles. The molecule has 24 heavy (non-hydrogen) atoms. The molecule has 2 aromatic rings. The summed E-state index contributed by atoms with van der Waals surface area (Å²) in [4.78, 5) is 12.3. The van der Waals surface area contributed by atoms with Crippen LogP contribution in [0.25, 0.3) is 0 Å². The molecular weight excluding hydrogens is 329 g/mol. The van der Waals surface area contributed by atoms with E-state index < -0.39 is 5.82 Å². The number of hydrogen-bond donors (Lipinski definition) is 1. The van der Waals surface area contributed by atoms with Gasteiger partial charge in [0.2, 0.25) is 5.91 Å². The van der Waals surface area contributed by atoms with Crippen LogP contribution in [0.15, 0.2) is 42.5 Å². The third-order valence-electron chi connectivity index (χ3n) is 4.16. The molecule has 1 N–H and O–H groups in total. The summed E-state index contributed by atoms with van der Waals surface area (Å²) in [7, 11) is 0. The van der Waals surface area contributed by atoms with Gasteiger partial charge < -0.3 is 10.1 Å². The third-order valence-corrected chi connectivity index (χ3v) is 4.51. The van der Waals surface area contributed by atoms with Crippen molar-refractivity contribution < 1.29 is 13.9 Å². The molecule has 0 saturated heterocycles. The van der Waals surface area contributed by atoms with Gasteiger partial charge in [-0.3, -0.25) is 4.79 Å². The predicted octanol–water partition coefficient (Wildman–Crippen LogP) is 4.98. The third kappa shape index (κ3) is 4.06. The highest BCUT2D eigenvalue weighted by molar-refractivity contribution is 6.31. The highest BCUT2D eigenvalue weighted by Gasteiger charge is 2.19. The van der Waals surface area contributed by atoms with Crippen LogP contribution in [0.4, 0.5) is 10.1 Å². The van der Waals surface area contributed by atoms with Gasteiger partial charge in [-0.15, -0.1) is 0 Å². The van der Waals surface area contributed by atoms with Crippen LogP contribution in [0, 0.1) is 5.82 Å². The quantitative estimate of drug-likeness (QED) is 0.828. The summed E-state index contributed by atoms with van der Waals surface area (Å²) in [6.45, 7) is 0. The summed E-state index contributed by atoms with van der Waals surface area (Å²) in [5.74, 6) is -0.157. The zero-order chi connectivity index (χ0) is 16.9. The first kappa shape index (κ1) is 16.8. The smallest absolute Gasteiger partial charge is 0.229 e. The monoisotopic (exact) mass is 347 g/mol. The molecule has 1 fully saturated rings. The van der Waals surface area contributed by atoms with E-state index in [1.807, 2.05) is 18.2 Å². The average molecular weight is 348 g/mol. The SMILES string of the molecule is O=C(Cc1c(F)cccc1Cl)Nc1ccccc1OC1CCCC1. The molecule has 1 aliphatic rings. The minimum atomic E-state index is -0.479. The Balaban J connectivity index is 1.70. The van der Waals surface area contributed by atoms with Gasteiger partial charge in [0.1, 0.15) is 11.6 Å². The van der Waals surface area contributed by atoms with E-state index in [1.54, 1.807) is 12.1 Å². The van der Waals surface area contributed by atoms with Gasteiger partial charge >= 0.3 is 0 Å². The summed E-state index contributed by atoms with van der Waals surface area (Å²) >= 11 is 5.98. The normalized spacial score (nSPS) is 14.6. The fourth-order valence-electron chi connectivity index (χ4n) is 2.91. The molecule has 0 radical (unpaired) electrons. The van der Waals surface area contributed by atoms with Crippen LogP contribution in [0.1, 0.15) is 31.2 Å². The van der Waals surface area contributed by atoms with Gasteiger partial charge in [0.05, 0.1) is 18.2 Å². The lowest BCUT2D eigenvalue weighted by atomic mass is 10.1. The number of carbonyl (C=O) groups excluding carboxylic acids is 1. The number of ether oxygens (including phenoxy) is 1. The molecular formula is C19H19ClFNO2. The highest BCUT2D eigenvalue weighted by Crippen LogP contribution is 2.30. The topological polar surface area (TPSA) is 38.3 Å². The lowest BCUT2D eigenvalue weighted by molar-refractivity contribution is -0.115. The minimum Gasteiger partial charge on any atom is -0.488 e. The number of nitrogens with one attached hydrogen (secondary N) is 1. The summed E-state index contributed by atoms with van der Waals surface area (Å²) in [6, 6.07) is 11.7. The minimum absolute atomic E-state index is 0.122. The second-order valence-corrected chi connectivity index (χ2v) is 6.35. The summed E-state index contributed by atoms with van der Waals surface area (Å²) in [5.41, 5.74) is 0.799. The molecule has 126 valence electrons. The van der Waals surface area contributed by atoms with Crippen LogP contribution in [0.2, 0.25) is 5.02 Å². The van der Waals surface area contributed by atoms with Crippen molar-refractivity contribution in [1.82, 2.24) is 0 Å². The molecule has 3 rings (SSSR count). The van der Waals surface area contributed by atoms with Crippen molar-refractivity contribution in [1.29, 1.82) is 0 Å². The van der Waals surface area contributed by atoms with E-state index in [1.165, 1.54) is 25.0 Å². The van der Waals surface area contributed by atoms with Gasteiger partial charge in [-0.1, -0.05) is 29.8 Å². The molecule has 1 aliphatic carbocycles. The summed E-state index contributed by atoms with van der Waals surface area (Å²) in [6.07, 6.45) is 4.49. The van der Waals surface area contributed by atoms with Crippen molar-refractivity contribution in [2.75, 3.05) is 5.32 Å². The maximum Gasteiger partial charge on any atom is 0.229 e. The fraction of sp³-hybridized carbons (Fsp3) is 0.316. The Morgan fingerprint density at radius 3 is 2.67 bits per heavy atom. The Bertz CT molecular complexity index is 709. The van der Waals surface area contributed by atoms with Gasteiger partial charge in [-0.2, -0.15) is 0 Å². The van der Waals surface area contributed by atoms with Crippen molar-refractivity contribution in [2.45, 2.75) is 38.2 Å². The Labute approximate surface area is 145 Å². The largest absolute Gasteiger partial charge is 0.488 e. The predicted molar refractivity (Wildman–Crippen MR) is 93.1 cm³/mol. The van der Waals surface area contributed by atoms with Gasteiger partial charge in [-0.05, 0) is 49.9 Å². The van der Waals surface area contributed by atoms with E-state index in [9.17, 15) is 9.18 Å². The molecule has 0 aliphatic heterocycles. The lowest BCUT2D eigenvalue weighted by Gasteiger charge is -2.17. The van der Waals surface area contributed by atoms with Crippen molar-refractivity contribution in [3.05, 3.63) is 58.9 Å². The van der Waals surface area contributed by atoms with Gasteiger partial charge in [0.15, 0.2) is 0 Å². The Morgan fingerprint density at radius 1 is 1.17 bits per heavy atom. The maximum absolute atomic E-state index is 13.8. The van der Waals surface area contributed by atoms with E-state index in [2.05, 4.69) is 5.32 Å². The molecule has 5 heteroatoms. The number of para-hydroxylation sites is 2. The van der Waals surface area contributed by atoms with Crippen LogP contribution in [0.3, 0.4) is 0 Å². The van der Waals surface area contributed by atoms with Gasteiger partial charge in [0.25, 0.3) is 0 Å². The van der Waals surface area contributed by atoms with Crippen molar-refractivity contribution in [2.24, 2.45) is 0 Å². The Kier molecular flexibility index (Phi) is 5.36. The van der Waals surface area contributed by atoms with Crippen LogP contribution in [-0.4, -0.2) is 12.0 Å². The second-order valence-electron chi connectivity index (χ2n) is 5.95. The fourth-order valence-corrected chi connectivity index (χ4v) is 3.14. The number of rotatable bonds is 5. The number of anilines is 1. The molecule has 0 unspecified atom stereocenters. The van der Waals surface area contributed by atoms with Crippen LogP contribution in [-0.2, 0) is 11.2 Å². The summed E-state index contributed by atoms with van der Waals surface area (Å²) in [5, 5.41) is 3.05. The molecule has 0 atom stereocenters. The zero-order valence-electron chi connectivity index (χ0n) is 13.2. The molecule has 0 heterocycles. The molecule has 0 spiro atoms. The van der Waals surface area contributed by atoms with Gasteiger partial charge in [0, 0.05) is 10.6 Å². The maximum atomic E-state index is 13.8. The van der Waals surface area contributed by atoms with Crippen LogP contribution in [0.5, 0.6) is 5.75 Å². The van der Waals surface area contributed by atoms with Crippen LogP contribution >= 0.6 is 11.6 Å². The number of halogens is 2. The second kappa shape index (κ2) is 7.67. The first-order valence-corrected chi connectivity index (χ1v) is 8.49. The lowest BCUT2D eigenvalue weighted by Crippen LogP contribution is -2.18. The van der Waals surface area contributed by atoms with E-state index in [0.29, 0.717) is 11.4 Å². The number of amides is 1. The highest BCUT2D eigenvalue weighted by atomic mass is 35.5. The summed E-state index contributed by atoms with van der Waals surface area (Å²) < 4.78 is 19.8. The van der Waals surface area contributed by atoms with E-state index in [4.69, 9.17) is 16.3 Å². The number of hydrogen-bond acceptors (Lipinski definition) is 2. The van der Waals surface area contributed by atoms with E-state index >= 15 is 0 Å². The average Bonchev–Trinajstić information content (AvgIpc) is 3.06. The molecule has 3 nitrogen and oxygen atoms in total. The molecule has 1 amide bonds. The first-order valence-electron chi connectivity index (χ1n) is 8.12. The first-order chi connectivity index (χ1) is 11.6. The number of carbonyl (C=O) groups is 1. The number of benzene rings is 2. The standard InChI is InChI=1S/C19H19ClFNO2/c20-15-8-5-9-16(21)14(15)12-19(23)22-17-10-3-4-11-18(17)24-13-6-1-2-7-13/h3-5,8-11,13H,1-2,6-7,12H2,(H,22,23). The van der Waals surface area contributed by atoms with E-state index in [0.717, 1.165) is 12.8 Å². The van der Waals surface area contributed by atoms with Crippen molar-refractivity contribution in [3.8, 4) is 5.75 Å². The van der Waals surface area contributed by atoms with E-state index in [-0.39, 0.29) is 29.0 Å².